The van der Waals surface area contributed by atoms with Gasteiger partial charge < -0.3 is 5.32 Å². The van der Waals surface area contributed by atoms with Crippen molar-refractivity contribution in [2.75, 3.05) is 6.54 Å². The topological polar surface area (TPSA) is 58.2 Å². The summed E-state index contributed by atoms with van der Waals surface area (Å²) in [4.78, 5) is -0.00962. The number of nitrogens with one attached hydrogen (secondary N) is 2. The fraction of sp³-hybridized carbons (Fsp3) is 0.571. The minimum absolute atomic E-state index is 0. The Labute approximate surface area is 140 Å². The predicted octanol–water partition coefficient (Wildman–Crippen LogP) is 2.63. The lowest BCUT2D eigenvalue weighted by Gasteiger charge is -2.28. The molecule has 1 fully saturated rings. The minimum atomic E-state index is -4.30. The Kier molecular flexibility index (Phi) is 6.88. The summed E-state index contributed by atoms with van der Waals surface area (Å²) in [6.07, 6.45) is -3.99. The molecule has 132 valence electrons. The van der Waals surface area contributed by atoms with Crippen molar-refractivity contribution in [3.63, 3.8) is 0 Å². The van der Waals surface area contributed by atoms with Crippen LogP contribution in [0.5, 0.6) is 0 Å². The van der Waals surface area contributed by atoms with Gasteiger partial charge >= 0.3 is 6.18 Å². The summed E-state index contributed by atoms with van der Waals surface area (Å²) in [7, 11) is -3.70. The van der Waals surface area contributed by atoms with Crippen molar-refractivity contribution in [3.8, 4) is 0 Å². The first-order chi connectivity index (χ1) is 10.2. The maximum Gasteiger partial charge on any atom is 0.393 e. The number of sulfonamides is 1. The molecule has 0 aliphatic carbocycles. The smallest absolute Gasteiger partial charge is 0.314 e. The van der Waals surface area contributed by atoms with Gasteiger partial charge in [0, 0.05) is 12.1 Å². The molecule has 0 amide bonds. The zero-order chi connectivity index (χ0) is 16.4. The monoisotopic (exact) mass is 372 g/mol. The fourth-order valence-corrected chi connectivity index (χ4v) is 3.83. The van der Waals surface area contributed by atoms with Gasteiger partial charge in [0.2, 0.25) is 10.0 Å². The molecule has 2 atom stereocenters. The van der Waals surface area contributed by atoms with Gasteiger partial charge in [0.05, 0.1) is 11.3 Å². The van der Waals surface area contributed by atoms with E-state index in [0.717, 1.165) is 6.54 Å². The molecule has 4 nitrogen and oxygen atoms in total. The van der Waals surface area contributed by atoms with Gasteiger partial charge in [-0.25, -0.2) is 13.1 Å². The van der Waals surface area contributed by atoms with E-state index in [4.69, 9.17) is 0 Å². The van der Waals surface area contributed by atoms with E-state index < -0.39 is 22.6 Å². The standard InChI is InChI=1S/C14H19F3N2O2S.ClH/c1-10-8-12(6-7-18-10)19-22(20,21)13-4-2-11(3-5-13)9-14(15,16)17;/h2-5,10,12,18-19H,6-9H2,1H3;1H. The molecule has 2 unspecified atom stereocenters. The molecule has 1 aliphatic heterocycles. The molecule has 0 saturated carbocycles. The third-order valence-corrected chi connectivity index (χ3v) is 5.12. The van der Waals surface area contributed by atoms with Gasteiger partial charge in [-0.15, -0.1) is 12.4 Å². The summed E-state index contributed by atoms with van der Waals surface area (Å²) in [5.74, 6) is 0. The van der Waals surface area contributed by atoms with E-state index in [2.05, 4.69) is 10.0 Å². The highest BCUT2D eigenvalue weighted by atomic mass is 35.5. The van der Waals surface area contributed by atoms with E-state index in [1.807, 2.05) is 6.92 Å². The van der Waals surface area contributed by atoms with Gasteiger partial charge in [-0.2, -0.15) is 13.2 Å². The van der Waals surface area contributed by atoms with Crippen molar-refractivity contribution in [3.05, 3.63) is 29.8 Å². The van der Waals surface area contributed by atoms with E-state index in [9.17, 15) is 21.6 Å². The Balaban J connectivity index is 0.00000264. The Hall–Kier alpha value is -0.830. The van der Waals surface area contributed by atoms with Crippen molar-refractivity contribution < 1.29 is 21.6 Å². The van der Waals surface area contributed by atoms with E-state index in [-0.39, 0.29) is 34.9 Å². The van der Waals surface area contributed by atoms with Crippen molar-refractivity contribution in [2.45, 2.75) is 49.3 Å². The van der Waals surface area contributed by atoms with Crippen LogP contribution in [0.2, 0.25) is 0 Å². The molecule has 1 heterocycles. The molecule has 1 saturated heterocycles. The molecule has 0 bridgehead atoms. The molecule has 2 N–H and O–H groups in total. The quantitative estimate of drug-likeness (QED) is 0.854. The summed E-state index contributed by atoms with van der Waals surface area (Å²) >= 11 is 0. The van der Waals surface area contributed by atoms with Crippen LogP contribution in [-0.2, 0) is 16.4 Å². The maximum absolute atomic E-state index is 12.3. The highest BCUT2D eigenvalue weighted by Gasteiger charge is 2.28. The molecule has 23 heavy (non-hydrogen) atoms. The highest BCUT2D eigenvalue weighted by Crippen LogP contribution is 2.22. The maximum atomic E-state index is 12.3. The number of alkyl halides is 3. The second-order valence-corrected chi connectivity index (χ2v) is 7.35. The molecule has 2 rings (SSSR count). The molecule has 9 heteroatoms. The first-order valence-corrected chi connectivity index (χ1v) is 8.55. The number of piperidine rings is 1. The van der Waals surface area contributed by atoms with Gasteiger partial charge in [0.15, 0.2) is 0 Å². The van der Waals surface area contributed by atoms with Crippen LogP contribution in [0.4, 0.5) is 13.2 Å². The summed E-state index contributed by atoms with van der Waals surface area (Å²) in [6.45, 7) is 2.71. The first-order valence-electron chi connectivity index (χ1n) is 7.07. The number of rotatable bonds is 4. The molecule has 0 aromatic heterocycles. The second-order valence-electron chi connectivity index (χ2n) is 5.63. The summed E-state index contributed by atoms with van der Waals surface area (Å²) in [6, 6.07) is 4.91. The van der Waals surface area contributed by atoms with Crippen molar-refractivity contribution in [1.82, 2.24) is 10.0 Å². The number of benzene rings is 1. The number of hydrogen-bond donors (Lipinski definition) is 2. The third kappa shape index (κ3) is 6.29. The molecular formula is C14H20ClF3N2O2S. The van der Waals surface area contributed by atoms with Gasteiger partial charge in [0.25, 0.3) is 0 Å². The summed E-state index contributed by atoms with van der Waals surface area (Å²) in [5, 5.41) is 3.23. The predicted molar refractivity (Wildman–Crippen MR) is 84.3 cm³/mol. The Morgan fingerprint density at radius 1 is 1.26 bits per heavy atom. The molecule has 1 aromatic carbocycles. The van der Waals surface area contributed by atoms with Crippen molar-refractivity contribution >= 4 is 22.4 Å². The number of halogens is 4. The molecule has 1 aromatic rings. The first kappa shape index (κ1) is 20.2. The van der Waals surface area contributed by atoms with Crippen molar-refractivity contribution in [1.29, 1.82) is 0 Å². The molecule has 0 spiro atoms. The van der Waals surface area contributed by atoms with E-state index >= 15 is 0 Å². The van der Waals surface area contributed by atoms with E-state index in [1.165, 1.54) is 24.3 Å². The fourth-order valence-electron chi connectivity index (χ4n) is 2.54. The van der Waals surface area contributed by atoms with E-state index in [1.54, 1.807) is 0 Å². The van der Waals surface area contributed by atoms with E-state index in [0.29, 0.717) is 12.8 Å². The summed E-state index contributed by atoms with van der Waals surface area (Å²) < 4.78 is 64.0. The SMILES string of the molecule is CC1CC(NS(=O)(=O)c2ccc(CC(F)(F)F)cc2)CCN1.Cl. The highest BCUT2D eigenvalue weighted by molar-refractivity contribution is 7.89. The summed E-state index contributed by atoms with van der Waals surface area (Å²) in [5.41, 5.74) is 0.0435. The average Bonchev–Trinajstić information content (AvgIpc) is 2.36. The zero-order valence-corrected chi connectivity index (χ0v) is 14.2. The van der Waals surface area contributed by atoms with Crippen LogP contribution in [0.1, 0.15) is 25.3 Å². The minimum Gasteiger partial charge on any atom is -0.314 e. The van der Waals surface area contributed by atoms with Gasteiger partial charge in [-0.05, 0) is 44.0 Å². The lowest BCUT2D eigenvalue weighted by Crippen LogP contribution is -2.46. The molecule has 1 aliphatic rings. The van der Waals surface area contributed by atoms with Crippen LogP contribution in [0.15, 0.2) is 29.2 Å². The second kappa shape index (κ2) is 7.83. The number of hydrogen-bond acceptors (Lipinski definition) is 3. The normalized spacial score (nSPS) is 22.4. The van der Waals surface area contributed by atoms with Crippen molar-refractivity contribution in [2.24, 2.45) is 0 Å². The van der Waals surface area contributed by atoms with Crippen LogP contribution in [0.25, 0.3) is 0 Å². The largest absolute Gasteiger partial charge is 0.393 e. The third-order valence-electron chi connectivity index (χ3n) is 3.58. The Morgan fingerprint density at radius 3 is 2.39 bits per heavy atom. The van der Waals surface area contributed by atoms with Gasteiger partial charge in [-0.1, -0.05) is 12.1 Å². The van der Waals surface area contributed by atoms with Crippen LogP contribution in [0, 0.1) is 0 Å². The van der Waals surface area contributed by atoms with Crippen LogP contribution < -0.4 is 10.0 Å². The average molecular weight is 373 g/mol. The zero-order valence-electron chi connectivity index (χ0n) is 12.6. The lowest BCUT2D eigenvalue weighted by atomic mass is 10.0. The van der Waals surface area contributed by atoms with Gasteiger partial charge in [-0.3, -0.25) is 0 Å². The Bertz CT molecular complexity index is 605. The van der Waals surface area contributed by atoms with Crippen LogP contribution in [-0.4, -0.2) is 33.2 Å². The van der Waals surface area contributed by atoms with Crippen LogP contribution in [0.3, 0.4) is 0 Å². The molecular weight excluding hydrogens is 353 g/mol. The van der Waals surface area contributed by atoms with Gasteiger partial charge in [0.1, 0.15) is 0 Å². The molecule has 0 radical (unpaired) electrons. The lowest BCUT2D eigenvalue weighted by molar-refractivity contribution is -0.127. The van der Waals surface area contributed by atoms with Crippen LogP contribution >= 0.6 is 12.4 Å². The Morgan fingerprint density at radius 2 is 1.87 bits per heavy atom.